The smallest absolute Gasteiger partial charge is 0.294 e. The van der Waals surface area contributed by atoms with Crippen molar-refractivity contribution < 1.29 is 19.2 Å². The summed E-state index contributed by atoms with van der Waals surface area (Å²) in [6, 6.07) is 12.1. The Balaban J connectivity index is 1.51. The molecule has 2 amide bonds. The van der Waals surface area contributed by atoms with Gasteiger partial charge >= 0.3 is 0 Å². The molecule has 4 rings (SSSR count). The standard InChI is InChI=1S/C23H23N3O5/c1-31-17-6-4-5-15(13-17)11-12-24-20-10-9-16(14-21(20)26(29)30)25-22(27)18-7-2-3-8-19(18)23(25)28/h2-6,9-10,13-14,18-19,24H,7-8,11-12H2,1H3/t18-,19-/m1/s1. The molecule has 2 aromatic carbocycles. The van der Waals surface area contributed by atoms with Crippen LogP contribution in [-0.4, -0.2) is 30.4 Å². The highest BCUT2D eigenvalue weighted by Gasteiger charge is 2.48. The fourth-order valence-electron chi connectivity index (χ4n) is 4.18. The predicted molar refractivity (Wildman–Crippen MR) is 116 cm³/mol. The van der Waals surface area contributed by atoms with Crippen molar-refractivity contribution in [2.75, 3.05) is 23.9 Å². The fraction of sp³-hybridized carbons (Fsp3) is 0.304. The van der Waals surface area contributed by atoms with Gasteiger partial charge in [0, 0.05) is 12.6 Å². The summed E-state index contributed by atoms with van der Waals surface area (Å²) in [5.41, 5.74) is 1.46. The normalized spacial score (nSPS) is 20.0. The number of anilines is 2. The zero-order valence-corrected chi connectivity index (χ0v) is 17.1. The van der Waals surface area contributed by atoms with Gasteiger partial charge in [0.25, 0.3) is 5.69 Å². The molecule has 1 heterocycles. The summed E-state index contributed by atoms with van der Waals surface area (Å²) < 4.78 is 5.21. The van der Waals surface area contributed by atoms with Crippen molar-refractivity contribution in [3.8, 4) is 5.75 Å². The lowest BCUT2D eigenvalue weighted by Gasteiger charge is -2.16. The summed E-state index contributed by atoms with van der Waals surface area (Å²) in [6.07, 6.45) is 5.52. The van der Waals surface area contributed by atoms with Crippen LogP contribution in [0.5, 0.6) is 5.75 Å². The summed E-state index contributed by atoms with van der Waals surface area (Å²) in [6.45, 7) is 0.477. The third-order valence-corrected chi connectivity index (χ3v) is 5.81. The van der Waals surface area contributed by atoms with Gasteiger partial charge in [0.1, 0.15) is 11.4 Å². The number of nitro benzene ring substituents is 1. The third kappa shape index (κ3) is 4.01. The lowest BCUT2D eigenvalue weighted by molar-refractivity contribution is -0.383. The van der Waals surface area contributed by atoms with Crippen LogP contribution in [0, 0.1) is 22.0 Å². The van der Waals surface area contributed by atoms with Crippen molar-refractivity contribution in [3.05, 3.63) is 70.3 Å². The number of carbonyl (C=O) groups excluding carboxylic acids is 2. The minimum Gasteiger partial charge on any atom is -0.497 e. The van der Waals surface area contributed by atoms with E-state index in [0.29, 0.717) is 31.5 Å². The Hall–Kier alpha value is -3.68. The van der Waals surface area contributed by atoms with E-state index in [4.69, 9.17) is 4.74 Å². The summed E-state index contributed by atoms with van der Waals surface area (Å²) in [7, 11) is 1.60. The number of nitro groups is 1. The Bertz CT molecular complexity index is 1040. The molecule has 1 aliphatic carbocycles. The average Bonchev–Trinajstić information content (AvgIpc) is 3.04. The van der Waals surface area contributed by atoms with E-state index in [-0.39, 0.29) is 35.0 Å². The largest absolute Gasteiger partial charge is 0.497 e. The van der Waals surface area contributed by atoms with Crippen LogP contribution in [0.2, 0.25) is 0 Å². The van der Waals surface area contributed by atoms with Crippen LogP contribution in [0.4, 0.5) is 17.1 Å². The zero-order chi connectivity index (χ0) is 22.0. The van der Waals surface area contributed by atoms with Gasteiger partial charge in [-0.1, -0.05) is 24.3 Å². The summed E-state index contributed by atoms with van der Waals surface area (Å²) in [5.74, 6) is -0.572. The van der Waals surface area contributed by atoms with Gasteiger partial charge < -0.3 is 10.1 Å². The topological polar surface area (TPSA) is 102 Å². The third-order valence-electron chi connectivity index (χ3n) is 5.81. The molecule has 1 fully saturated rings. The van der Waals surface area contributed by atoms with Crippen LogP contribution >= 0.6 is 0 Å². The van der Waals surface area contributed by atoms with Crippen molar-refractivity contribution in [2.24, 2.45) is 11.8 Å². The van der Waals surface area contributed by atoms with Gasteiger partial charge in [-0.3, -0.25) is 19.7 Å². The van der Waals surface area contributed by atoms with Gasteiger partial charge in [-0.05, 0) is 49.1 Å². The molecule has 0 radical (unpaired) electrons. The number of nitrogens with zero attached hydrogens (tertiary/aromatic N) is 2. The fourth-order valence-corrected chi connectivity index (χ4v) is 4.18. The lowest BCUT2D eigenvalue weighted by atomic mass is 9.85. The first kappa shape index (κ1) is 20.6. The predicted octanol–water partition coefficient (Wildman–Crippen LogP) is 3.71. The van der Waals surface area contributed by atoms with E-state index in [9.17, 15) is 19.7 Å². The molecule has 0 saturated carbocycles. The van der Waals surface area contributed by atoms with Crippen LogP contribution in [0.25, 0.3) is 0 Å². The first-order valence-corrected chi connectivity index (χ1v) is 10.2. The summed E-state index contributed by atoms with van der Waals surface area (Å²) in [5, 5.41) is 14.8. The molecule has 2 aliphatic rings. The number of nitrogens with one attached hydrogen (secondary N) is 1. The van der Waals surface area contributed by atoms with E-state index in [2.05, 4.69) is 5.32 Å². The molecule has 0 spiro atoms. The van der Waals surface area contributed by atoms with Crippen molar-refractivity contribution in [1.82, 2.24) is 0 Å². The number of methoxy groups -OCH3 is 1. The van der Waals surface area contributed by atoms with Crippen LogP contribution in [0.3, 0.4) is 0 Å². The molecule has 160 valence electrons. The molecule has 1 saturated heterocycles. The number of benzene rings is 2. The first-order valence-electron chi connectivity index (χ1n) is 10.2. The number of fused-ring (bicyclic) bond motifs is 1. The minimum absolute atomic E-state index is 0.170. The van der Waals surface area contributed by atoms with Crippen molar-refractivity contribution in [1.29, 1.82) is 0 Å². The molecule has 8 heteroatoms. The second-order valence-electron chi connectivity index (χ2n) is 7.65. The molecular weight excluding hydrogens is 398 g/mol. The van der Waals surface area contributed by atoms with E-state index < -0.39 is 4.92 Å². The number of imide groups is 1. The quantitative estimate of drug-likeness (QED) is 0.316. The maximum Gasteiger partial charge on any atom is 0.294 e. The van der Waals surface area contributed by atoms with Crippen LogP contribution in [0.15, 0.2) is 54.6 Å². The maximum atomic E-state index is 12.8. The minimum atomic E-state index is -0.503. The highest BCUT2D eigenvalue weighted by atomic mass is 16.6. The van der Waals surface area contributed by atoms with Gasteiger partial charge in [0.15, 0.2) is 0 Å². The van der Waals surface area contributed by atoms with Gasteiger partial charge in [-0.25, -0.2) is 4.90 Å². The number of hydrogen-bond donors (Lipinski definition) is 1. The van der Waals surface area contributed by atoms with Crippen LogP contribution in [0.1, 0.15) is 18.4 Å². The maximum absolute atomic E-state index is 12.8. The average molecular weight is 421 g/mol. The molecule has 2 aromatic rings. The van der Waals surface area contributed by atoms with Crippen molar-refractivity contribution in [3.63, 3.8) is 0 Å². The summed E-state index contributed by atoms with van der Waals surface area (Å²) in [4.78, 5) is 37.8. The van der Waals surface area contributed by atoms with Crippen LogP contribution < -0.4 is 15.0 Å². The van der Waals surface area contributed by atoms with Gasteiger partial charge in [-0.2, -0.15) is 0 Å². The Morgan fingerprint density at radius 1 is 1.10 bits per heavy atom. The van der Waals surface area contributed by atoms with E-state index >= 15 is 0 Å². The zero-order valence-electron chi connectivity index (χ0n) is 17.1. The number of carbonyl (C=O) groups is 2. The second-order valence-corrected chi connectivity index (χ2v) is 7.65. The molecule has 31 heavy (non-hydrogen) atoms. The second kappa shape index (κ2) is 8.59. The highest BCUT2D eigenvalue weighted by Crippen LogP contribution is 2.39. The van der Waals surface area contributed by atoms with Gasteiger partial charge in [-0.15, -0.1) is 0 Å². The Morgan fingerprint density at radius 2 is 1.81 bits per heavy atom. The Labute approximate surface area is 179 Å². The highest BCUT2D eigenvalue weighted by molar-refractivity contribution is 6.22. The number of rotatable bonds is 7. The monoisotopic (exact) mass is 421 g/mol. The van der Waals surface area contributed by atoms with Gasteiger partial charge in [0.05, 0.1) is 29.6 Å². The van der Waals surface area contributed by atoms with E-state index in [1.807, 2.05) is 36.4 Å². The Kier molecular flexibility index (Phi) is 5.70. The number of hydrogen-bond acceptors (Lipinski definition) is 6. The molecule has 2 atom stereocenters. The number of ether oxygens (including phenoxy) is 1. The Morgan fingerprint density at radius 3 is 2.45 bits per heavy atom. The van der Waals surface area contributed by atoms with Crippen molar-refractivity contribution >= 4 is 28.9 Å². The number of allylic oxidation sites excluding steroid dienone is 2. The molecule has 0 unspecified atom stereocenters. The first-order chi connectivity index (χ1) is 15.0. The van der Waals surface area contributed by atoms with Gasteiger partial charge in [0.2, 0.25) is 11.8 Å². The van der Waals surface area contributed by atoms with E-state index in [1.54, 1.807) is 19.2 Å². The van der Waals surface area contributed by atoms with E-state index in [1.165, 1.54) is 6.07 Å². The van der Waals surface area contributed by atoms with E-state index in [0.717, 1.165) is 16.2 Å². The SMILES string of the molecule is COc1cccc(CCNc2ccc(N3C(=O)[C@@H]4CC=CC[C@H]4C3=O)cc2[N+](=O)[O-])c1. The molecule has 1 N–H and O–H groups in total. The molecule has 8 nitrogen and oxygen atoms in total. The molecule has 0 aromatic heterocycles. The molecular formula is C23H23N3O5. The number of amides is 2. The molecule has 0 bridgehead atoms. The van der Waals surface area contributed by atoms with Crippen LogP contribution in [-0.2, 0) is 16.0 Å². The summed E-state index contributed by atoms with van der Waals surface area (Å²) >= 11 is 0. The molecule has 1 aliphatic heterocycles. The van der Waals surface area contributed by atoms with Crippen molar-refractivity contribution in [2.45, 2.75) is 19.3 Å². The lowest BCUT2D eigenvalue weighted by Crippen LogP contribution is -2.30.